The monoisotopic (exact) mass is 340 g/mol. The van der Waals surface area contributed by atoms with Crippen LogP contribution in [0.25, 0.3) is 0 Å². The molecule has 6 heteroatoms. The number of amides is 1. The molecule has 0 saturated carbocycles. The van der Waals surface area contributed by atoms with Crippen molar-refractivity contribution in [2.24, 2.45) is 5.92 Å². The second kappa shape index (κ2) is 7.96. The molecule has 0 unspecified atom stereocenters. The van der Waals surface area contributed by atoms with E-state index in [0.29, 0.717) is 24.0 Å². The number of piperidine rings is 1. The third-order valence-electron chi connectivity index (χ3n) is 4.39. The lowest BCUT2D eigenvalue weighted by atomic mass is 9.99. The summed E-state index contributed by atoms with van der Waals surface area (Å²) < 4.78 is 5.42. The maximum Gasteiger partial charge on any atom is 0.256 e. The van der Waals surface area contributed by atoms with E-state index < -0.39 is 0 Å². The van der Waals surface area contributed by atoms with Crippen molar-refractivity contribution in [3.05, 3.63) is 42.2 Å². The first kappa shape index (κ1) is 17.2. The molecule has 1 aliphatic rings. The Kier molecular flexibility index (Phi) is 5.48. The van der Waals surface area contributed by atoms with Crippen LogP contribution in [0.4, 0.5) is 11.6 Å². The molecule has 0 bridgehead atoms. The van der Waals surface area contributed by atoms with Crippen molar-refractivity contribution >= 4 is 17.5 Å². The van der Waals surface area contributed by atoms with E-state index in [0.717, 1.165) is 37.4 Å². The van der Waals surface area contributed by atoms with E-state index in [-0.39, 0.29) is 5.91 Å². The summed E-state index contributed by atoms with van der Waals surface area (Å²) in [6, 6.07) is 7.59. The summed E-state index contributed by atoms with van der Waals surface area (Å²) in [7, 11) is 0. The van der Waals surface area contributed by atoms with Crippen LogP contribution in [0.1, 0.15) is 37.0 Å². The highest BCUT2D eigenvalue weighted by Crippen LogP contribution is 2.20. The second-order valence-corrected chi connectivity index (χ2v) is 6.35. The van der Waals surface area contributed by atoms with Crippen LogP contribution in [-0.4, -0.2) is 40.5 Å². The Morgan fingerprint density at radius 2 is 1.84 bits per heavy atom. The van der Waals surface area contributed by atoms with Gasteiger partial charge in [-0.2, -0.15) is 0 Å². The smallest absolute Gasteiger partial charge is 0.256 e. The van der Waals surface area contributed by atoms with Gasteiger partial charge in [0, 0.05) is 31.2 Å². The molecule has 0 spiro atoms. The molecule has 1 amide bonds. The van der Waals surface area contributed by atoms with Gasteiger partial charge in [0.25, 0.3) is 5.91 Å². The Morgan fingerprint density at radius 3 is 2.44 bits per heavy atom. The van der Waals surface area contributed by atoms with Crippen molar-refractivity contribution in [3.8, 4) is 5.75 Å². The van der Waals surface area contributed by atoms with Crippen LogP contribution in [0.5, 0.6) is 5.75 Å². The number of carbonyl (C=O) groups is 1. The molecule has 1 fully saturated rings. The number of nitrogens with one attached hydrogen (secondary N) is 1. The third-order valence-corrected chi connectivity index (χ3v) is 4.39. The van der Waals surface area contributed by atoms with Crippen molar-refractivity contribution in [2.75, 3.05) is 25.0 Å². The van der Waals surface area contributed by atoms with E-state index >= 15 is 0 Å². The Morgan fingerprint density at radius 1 is 1.20 bits per heavy atom. The minimum atomic E-state index is 0.0134. The molecule has 0 radical (unpaired) electrons. The predicted octanol–water partition coefficient (Wildman–Crippen LogP) is 3.49. The van der Waals surface area contributed by atoms with Crippen molar-refractivity contribution < 1.29 is 9.53 Å². The van der Waals surface area contributed by atoms with Crippen LogP contribution in [0.2, 0.25) is 0 Å². The van der Waals surface area contributed by atoms with Gasteiger partial charge >= 0.3 is 0 Å². The maximum absolute atomic E-state index is 12.5. The molecule has 3 rings (SSSR count). The maximum atomic E-state index is 12.5. The molecule has 1 aromatic heterocycles. The highest BCUT2D eigenvalue weighted by molar-refractivity contribution is 5.93. The van der Waals surface area contributed by atoms with Gasteiger partial charge in [-0.25, -0.2) is 9.97 Å². The number of carbonyl (C=O) groups excluding carboxylic acids is 1. The number of hydrogen-bond donors (Lipinski definition) is 1. The molecule has 0 aliphatic carbocycles. The summed E-state index contributed by atoms with van der Waals surface area (Å²) in [5, 5.41) is 3.12. The van der Waals surface area contributed by atoms with Crippen molar-refractivity contribution in [3.63, 3.8) is 0 Å². The first-order valence-corrected chi connectivity index (χ1v) is 8.77. The molecule has 6 nitrogen and oxygen atoms in total. The standard InChI is InChI=1S/C19H24N4O2/c1-3-25-17-6-4-16(5-7-17)22-19-20-12-15(13-21-19)18(24)23-10-8-14(2)9-11-23/h4-7,12-14H,3,8-11H2,1-2H3,(H,20,21,22). The van der Waals surface area contributed by atoms with Gasteiger partial charge in [-0.1, -0.05) is 6.92 Å². The lowest BCUT2D eigenvalue weighted by molar-refractivity contribution is 0.0696. The summed E-state index contributed by atoms with van der Waals surface area (Å²) in [4.78, 5) is 22.9. The molecule has 25 heavy (non-hydrogen) atoms. The molecule has 1 aromatic carbocycles. The van der Waals surface area contributed by atoms with Crippen molar-refractivity contribution in [1.29, 1.82) is 0 Å². The normalized spacial score (nSPS) is 15.0. The van der Waals surface area contributed by atoms with Gasteiger partial charge in [0.15, 0.2) is 0 Å². The Bertz CT molecular complexity index is 692. The number of hydrogen-bond acceptors (Lipinski definition) is 5. The molecule has 132 valence electrons. The van der Waals surface area contributed by atoms with E-state index in [9.17, 15) is 4.79 Å². The minimum Gasteiger partial charge on any atom is -0.494 e. The first-order valence-electron chi connectivity index (χ1n) is 8.77. The number of ether oxygens (including phenoxy) is 1. The Balaban J connectivity index is 1.60. The zero-order chi connectivity index (χ0) is 17.6. The van der Waals surface area contributed by atoms with Crippen LogP contribution in [-0.2, 0) is 0 Å². The van der Waals surface area contributed by atoms with Gasteiger partial charge in [0.1, 0.15) is 5.75 Å². The molecule has 1 saturated heterocycles. The number of rotatable bonds is 5. The van der Waals surface area contributed by atoms with Crippen molar-refractivity contribution in [2.45, 2.75) is 26.7 Å². The molecule has 0 atom stereocenters. The molecule has 1 aliphatic heterocycles. The van der Waals surface area contributed by atoms with Gasteiger partial charge in [0.2, 0.25) is 5.95 Å². The third kappa shape index (κ3) is 4.47. The van der Waals surface area contributed by atoms with Gasteiger partial charge in [-0.15, -0.1) is 0 Å². The Labute approximate surface area is 148 Å². The average Bonchev–Trinajstić information content (AvgIpc) is 2.64. The van der Waals surface area contributed by atoms with Crippen LogP contribution < -0.4 is 10.1 Å². The summed E-state index contributed by atoms with van der Waals surface area (Å²) in [5.74, 6) is 2.00. The van der Waals surface area contributed by atoms with Crippen molar-refractivity contribution in [1.82, 2.24) is 14.9 Å². The fourth-order valence-corrected chi connectivity index (χ4v) is 2.83. The lowest BCUT2D eigenvalue weighted by Gasteiger charge is -2.30. The summed E-state index contributed by atoms with van der Waals surface area (Å²) in [6.07, 6.45) is 5.29. The average molecular weight is 340 g/mol. The summed E-state index contributed by atoms with van der Waals surface area (Å²) in [6.45, 7) is 6.44. The molecular weight excluding hydrogens is 316 g/mol. The van der Waals surface area contributed by atoms with E-state index in [2.05, 4.69) is 22.2 Å². The largest absolute Gasteiger partial charge is 0.494 e. The molecule has 1 N–H and O–H groups in total. The zero-order valence-corrected chi connectivity index (χ0v) is 14.7. The van der Waals surface area contributed by atoms with Gasteiger partial charge in [-0.3, -0.25) is 4.79 Å². The summed E-state index contributed by atoms with van der Waals surface area (Å²) in [5.41, 5.74) is 1.40. The van der Waals surface area contributed by atoms with Crippen LogP contribution in [0.3, 0.4) is 0 Å². The SMILES string of the molecule is CCOc1ccc(Nc2ncc(C(=O)N3CCC(C)CC3)cn2)cc1. The van der Waals surface area contributed by atoms with Gasteiger partial charge < -0.3 is 15.0 Å². The number of likely N-dealkylation sites (tertiary alicyclic amines) is 1. The minimum absolute atomic E-state index is 0.0134. The highest BCUT2D eigenvalue weighted by Gasteiger charge is 2.21. The molecular formula is C19H24N4O2. The number of benzene rings is 1. The van der Waals surface area contributed by atoms with Gasteiger partial charge in [0.05, 0.1) is 12.2 Å². The fourth-order valence-electron chi connectivity index (χ4n) is 2.83. The fraction of sp³-hybridized carbons (Fsp3) is 0.421. The first-order chi connectivity index (χ1) is 12.2. The highest BCUT2D eigenvalue weighted by atomic mass is 16.5. The van der Waals surface area contributed by atoms with E-state index in [4.69, 9.17) is 4.74 Å². The van der Waals surface area contributed by atoms with E-state index in [1.807, 2.05) is 36.1 Å². The van der Waals surface area contributed by atoms with E-state index in [1.54, 1.807) is 12.4 Å². The topological polar surface area (TPSA) is 67.3 Å². The lowest BCUT2D eigenvalue weighted by Crippen LogP contribution is -2.38. The predicted molar refractivity (Wildman–Crippen MR) is 97.2 cm³/mol. The van der Waals surface area contributed by atoms with Crippen LogP contribution >= 0.6 is 0 Å². The Hall–Kier alpha value is -2.63. The zero-order valence-electron chi connectivity index (χ0n) is 14.7. The molecule has 2 heterocycles. The van der Waals surface area contributed by atoms with Gasteiger partial charge in [-0.05, 0) is 49.9 Å². The second-order valence-electron chi connectivity index (χ2n) is 6.35. The van der Waals surface area contributed by atoms with E-state index in [1.165, 1.54) is 0 Å². The van der Waals surface area contributed by atoms with Crippen LogP contribution in [0, 0.1) is 5.92 Å². The quantitative estimate of drug-likeness (QED) is 0.902. The molecule has 2 aromatic rings. The number of anilines is 2. The van der Waals surface area contributed by atoms with Crippen LogP contribution in [0.15, 0.2) is 36.7 Å². The number of nitrogens with zero attached hydrogens (tertiary/aromatic N) is 3. The number of aromatic nitrogens is 2. The summed E-state index contributed by atoms with van der Waals surface area (Å²) >= 11 is 0.